The minimum Gasteiger partial charge on any atom is -0.362 e. The summed E-state index contributed by atoms with van der Waals surface area (Å²) in [6, 6.07) is 0. The smallest absolute Gasteiger partial charge is 0.267 e. The van der Waals surface area contributed by atoms with Crippen molar-refractivity contribution in [1.29, 1.82) is 0 Å². The molecule has 2 rings (SSSR count). The fourth-order valence-electron chi connectivity index (χ4n) is 2.33. The number of H-pyrrole nitrogens is 1. The molecule has 17 heavy (non-hydrogen) atoms. The van der Waals surface area contributed by atoms with Crippen molar-refractivity contribution in [3.63, 3.8) is 0 Å². The van der Waals surface area contributed by atoms with E-state index in [1.165, 1.54) is 25.6 Å². The predicted octanol–water partition coefficient (Wildman–Crippen LogP) is 1.61. The minimum absolute atomic E-state index is 0.110. The molecule has 6 heteroatoms. The summed E-state index contributed by atoms with van der Waals surface area (Å²) >= 11 is 3.25. The summed E-state index contributed by atoms with van der Waals surface area (Å²) < 4.78 is 0.443. The Balaban J connectivity index is 2.23. The second kappa shape index (κ2) is 5.18. The maximum absolute atomic E-state index is 11.5. The van der Waals surface area contributed by atoms with Crippen molar-refractivity contribution in [1.82, 2.24) is 9.97 Å². The van der Waals surface area contributed by atoms with E-state index in [4.69, 9.17) is 5.73 Å². The second-order valence-corrected chi connectivity index (χ2v) is 5.36. The number of hydrogen-bond donors (Lipinski definition) is 3. The zero-order valence-electron chi connectivity index (χ0n) is 9.63. The summed E-state index contributed by atoms with van der Waals surface area (Å²) in [5.41, 5.74) is 5.60. The van der Waals surface area contributed by atoms with E-state index in [9.17, 15) is 4.79 Å². The van der Waals surface area contributed by atoms with Crippen LogP contribution < -0.4 is 16.6 Å². The lowest BCUT2D eigenvalue weighted by molar-refractivity contribution is 0.330. The third kappa shape index (κ3) is 2.69. The number of nitrogens with one attached hydrogen (secondary N) is 2. The fraction of sp³-hybridized carbons (Fsp3) is 0.636. The van der Waals surface area contributed by atoms with E-state index < -0.39 is 0 Å². The van der Waals surface area contributed by atoms with Crippen molar-refractivity contribution in [3.05, 3.63) is 21.2 Å². The van der Waals surface area contributed by atoms with Gasteiger partial charge in [0.05, 0.1) is 11.9 Å². The van der Waals surface area contributed by atoms with Gasteiger partial charge in [0.2, 0.25) is 0 Å². The van der Waals surface area contributed by atoms with Gasteiger partial charge in [-0.15, -0.1) is 0 Å². The van der Waals surface area contributed by atoms with E-state index in [0.29, 0.717) is 16.8 Å². The summed E-state index contributed by atoms with van der Waals surface area (Å²) in [6.07, 6.45) is 7.07. The minimum atomic E-state index is -0.175. The van der Waals surface area contributed by atoms with Gasteiger partial charge in [-0.25, -0.2) is 4.98 Å². The molecule has 1 fully saturated rings. The molecule has 0 saturated heterocycles. The highest BCUT2D eigenvalue weighted by atomic mass is 79.9. The maximum Gasteiger partial charge on any atom is 0.267 e. The molecule has 4 N–H and O–H groups in total. The van der Waals surface area contributed by atoms with Crippen LogP contribution in [0, 0.1) is 0 Å². The summed E-state index contributed by atoms with van der Waals surface area (Å²) in [5.74, 6) is 0.584. The Kier molecular flexibility index (Phi) is 3.83. The third-order valence-electron chi connectivity index (χ3n) is 3.38. The van der Waals surface area contributed by atoms with Crippen molar-refractivity contribution in [2.45, 2.75) is 37.6 Å². The van der Waals surface area contributed by atoms with Gasteiger partial charge in [0.1, 0.15) is 10.3 Å². The molecule has 0 aliphatic heterocycles. The van der Waals surface area contributed by atoms with Crippen LogP contribution in [0.15, 0.2) is 15.6 Å². The lowest BCUT2D eigenvalue weighted by atomic mass is 9.82. The topological polar surface area (TPSA) is 83.8 Å². The molecule has 1 aromatic heterocycles. The van der Waals surface area contributed by atoms with E-state index in [1.54, 1.807) is 0 Å². The Morgan fingerprint density at radius 1 is 1.47 bits per heavy atom. The molecule has 0 bridgehead atoms. The van der Waals surface area contributed by atoms with E-state index in [2.05, 4.69) is 31.2 Å². The van der Waals surface area contributed by atoms with Crippen LogP contribution >= 0.6 is 15.9 Å². The number of aromatic nitrogens is 2. The van der Waals surface area contributed by atoms with Crippen LogP contribution in [-0.2, 0) is 0 Å². The van der Waals surface area contributed by atoms with Gasteiger partial charge in [-0.1, -0.05) is 19.3 Å². The molecule has 1 aliphatic carbocycles. The van der Waals surface area contributed by atoms with Crippen molar-refractivity contribution in [3.8, 4) is 0 Å². The molecule has 0 spiro atoms. The molecule has 0 aromatic carbocycles. The number of halogens is 1. The monoisotopic (exact) mass is 300 g/mol. The van der Waals surface area contributed by atoms with Gasteiger partial charge in [0, 0.05) is 6.54 Å². The summed E-state index contributed by atoms with van der Waals surface area (Å²) in [5, 5.41) is 3.35. The highest BCUT2D eigenvalue weighted by Crippen LogP contribution is 2.31. The number of nitrogens with two attached hydrogens (primary N) is 1. The van der Waals surface area contributed by atoms with Crippen LogP contribution in [0.5, 0.6) is 0 Å². The Morgan fingerprint density at radius 3 is 2.82 bits per heavy atom. The first-order chi connectivity index (χ1) is 8.17. The number of hydrogen-bond acceptors (Lipinski definition) is 4. The molecule has 94 valence electrons. The molecule has 5 nitrogen and oxygen atoms in total. The standard InChI is InChI=1S/C11H17BrN4O/c12-8-9(14-7-15-10(8)17)16-11(6-13)4-2-1-3-5-11/h7H,1-6,13H2,(H2,14,15,16,17). The van der Waals surface area contributed by atoms with Gasteiger partial charge in [-0.3, -0.25) is 4.79 Å². The van der Waals surface area contributed by atoms with Gasteiger partial charge < -0.3 is 16.0 Å². The van der Waals surface area contributed by atoms with Crippen LogP contribution in [-0.4, -0.2) is 22.1 Å². The maximum atomic E-state index is 11.5. The van der Waals surface area contributed by atoms with E-state index in [0.717, 1.165) is 12.8 Å². The summed E-state index contributed by atoms with van der Waals surface area (Å²) in [7, 11) is 0. The van der Waals surface area contributed by atoms with Crippen LogP contribution in [0.1, 0.15) is 32.1 Å². The Labute approximate surface area is 108 Å². The van der Waals surface area contributed by atoms with Gasteiger partial charge in [-0.2, -0.15) is 0 Å². The SMILES string of the molecule is NCC1(Nc2nc[nH]c(=O)c2Br)CCCCC1. The zero-order chi connectivity index (χ0) is 12.3. The van der Waals surface area contributed by atoms with Crippen LogP contribution in [0.4, 0.5) is 5.82 Å². The first-order valence-corrected chi connectivity index (χ1v) is 6.68. The normalized spacial score (nSPS) is 18.9. The average molecular weight is 301 g/mol. The Morgan fingerprint density at radius 2 is 2.18 bits per heavy atom. The molecule has 1 aliphatic rings. The number of aromatic amines is 1. The van der Waals surface area contributed by atoms with Crippen molar-refractivity contribution in [2.24, 2.45) is 5.73 Å². The van der Waals surface area contributed by atoms with E-state index >= 15 is 0 Å². The van der Waals surface area contributed by atoms with Crippen LogP contribution in [0.3, 0.4) is 0 Å². The lowest BCUT2D eigenvalue weighted by Gasteiger charge is -2.37. The number of rotatable bonds is 3. The van der Waals surface area contributed by atoms with Gasteiger partial charge in [-0.05, 0) is 28.8 Å². The predicted molar refractivity (Wildman–Crippen MR) is 71.1 cm³/mol. The van der Waals surface area contributed by atoms with Crippen molar-refractivity contribution >= 4 is 21.7 Å². The molecule has 1 saturated carbocycles. The molecular formula is C11H17BrN4O. The largest absolute Gasteiger partial charge is 0.362 e. The highest BCUT2D eigenvalue weighted by Gasteiger charge is 2.31. The van der Waals surface area contributed by atoms with Crippen LogP contribution in [0.2, 0.25) is 0 Å². The van der Waals surface area contributed by atoms with E-state index in [-0.39, 0.29) is 11.1 Å². The average Bonchev–Trinajstić information content (AvgIpc) is 2.36. The Bertz CT molecular complexity index is 439. The quantitative estimate of drug-likeness (QED) is 0.792. The van der Waals surface area contributed by atoms with Gasteiger partial charge >= 0.3 is 0 Å². The number of nitrogens with zero attached hydrogens (tertiary/aromatic N) is 1. The lowest BCUT2D eigenvalue weighted by Crippen LogP contribution is -2.47. The van der Waals surface area contributed by atoms with Crippen LogP contribution in [0.25, 0.3) is 0 Å². The molecule has 0 atom stereocenters. The molecule has 0 radical (unpaired) electrons. The molecular weight excluding hydrogens is 284 g/mol. The molecule has 1 heterocycles. The van der Waals surface area contributed by atoms with Crippen molar-refractivity contribution < 1.29 is 0 Å². The summed E-state index contributed by atoms with van der Waals surface area (Å²) in [4.78, 5) is 18.1. The van der Waals surface area contributed by atoms with Gasteiger partial charge in [0.25, 0.3) is 5.56 Å². The summed E-state index contributed by atoms with van der Waals surface area (Å²) in [6.45, 7) is 0.563. The first-order valence-electron chi connectivity index (χ1n) is 5.88. The zero-order valence-corrected chi connectivity index (χ0v) is 11.2. The van der Waals surface area contributed by atoms with Gasteiger partial charge in [0.15, 0.2) is 0 Å². The van der Waals surface area contributed by atoms with E-state index in [1.807, 2.05) is 0 Å². The molecule has 1 aromatic rings. The Hall–Kier alpha value is -0.880. The second-order valence-electron chi connectivity index (χ2n) is 4.56. The fourth-order valence-corrected chi connectivity index (χ4v) is 2.65. The van der Waals surface area contributed by atoms with Crippen molar-refractivity contribution in [2.75, 3.05) is 11.9 Å². The highest BCUT2D eigenvalue weighted by molar-refractivity contribution is 9.10. The number of anilines is 1. The third-order valence-corrected chi connectivity index (χ3v) is 4.12. The molecule has 0 amide bonds. The molecule has 0 unspecified atom stereocenters. The first kappa shape index (κ1) is 12.6.